The Morgan fingerprint density at radius 1 is 1.23 bits per heavy atom. The maximum atomic E-state index is 13.7. The molecular formula is C15H15BrFNO3S. The normalized spacial score (nSPS) is 11.7. The summed E-state index contributed by atoms with van der Waals surface area (Å²) in [6.45, 7) is 0.178. The van der Waals surface area contributed by atoms with Crippen LogP contribution < -0.4 is 4.74 Å². The lowest BCUT2D eigenvalue weighted by atomic mass is 10.2. The third-order valence-corrected chi connectivity index (χ3v) is 5.76. The molecule has 4 nitrogen and oxygen atoms in total. The number of ether oxygens (including phenoxy) is 1. The summed E-state index contributed by atoms with van der Waals surface area (Å²) in [4.78, 5) is -0.111. The van der Waals surface area contributed by atoms with Crippen LogP contribution in [0.3, 0.4) is 0 Å². The summed E-state index contributed by atoms with van der Waals surface area (Å²) in [6, 6.07) is 10.9. The summed E-state index contributed by atoms with van der Waals surface area (Å²) in [5, 5.41) is 0. The number of halogens is 2. The average Bonchev–Trinajstić information content (AvgIpc) is 2.49. The molecule has 0 unspecified atom stereocenters. The molecular weight excluding hydrogens is 373 g/mol. The van der Waals surface area contributed by atoms with Crippen molar-refractivity contribution in [1.82, 2.24) is 4.31 Å². The van der Waals surface area contributed by atoms with Gasteiger partial charge in [-0.1, -0.05) is 34.1 Å². The van der Waals surface area contributed by atoms with Gasteiger partial charge in [0.05, 0.1) is 12.0 Å². The van der Waals surface area contributed by atoms with Crippen LogP contribution in [0.2, 0.25) is 0 Å². The van der Waals surface area contributed by atoms with Crippen LogP contribution in [0.5, 0.6) is 5.75 Å². The van der Waals surface area contributed by atoms with Crippen LogP contribution >= 0.6 is 15.9 Å². The molecule has 0 N–H and O–H groups in total. The van der Waals surface area contributed by atoms with E-state index in [0.29, 0.717) is 0 Å². The van der Waals surface area contributed by atoms with Gasteiger partial charge in [-0.3, -0.25) is 0 Å². The van der Waals surface area contributed by atoms with Crippen LogP contribution in [0.1, 0.15) is 5.56 Å². The van der Waals surface area contributed by atoms with Crippen LogP contribution in [0.4, 0.5) is 4.39 Å². The van der Waals surface area contributed by atoms with Crippen molar-refractivity contribution in [2.45, 2.75) is 11.4 Å². The molecule has 7 heteroatoms. The summed E-state index contributed by atoms with van der Waals surface area (Å²) in [5.41, 5.74) is 0.822. The van der Waals surface area contributed by atoms with E-state index in [-0.39, 0.29) is 17.2 Å². The molecule has 0 aromatic heterocycles. The molecule has 0 fully saturated rings. The molecule has 22 heavy (non-hydrogen) atoms. The van der Waals surface area contributed by atoms with Gasteiger partial charge in [0.25, 0.3) is 0 Å². The van der Waals surface area contributed by atoms with Gasteiger partial charge in [0.1, 0.15) is 0 Å². The summed E-state index contributed by atoms with van der Waals surface area (Å²) in [5.74, 6) is -0.703. The first-order chi connectivity index (χ1) is 10.4. The van der Waals surface area contributed by atoms with Gasteiger partial charge in [0, 0.05) is 18.1 Å². The second-order valence-corrected chi connectivity index (χ2v) is 7.55. The Morgan fingerprint density at radius 2 is 1.91 bits per heavy atom. The lowest BCUT2D eigenvalue weighted by Crippen LogP contribution is -2.26. The SMILES string of the molecule is COc1ccc(S(=O)(=O)N(C)Cc2ccccc2Br)cc1F. The molecule has 2 aromatic carbocycles. The Labute approximate surface area is 137 Å². The number of nitrogens with zero attached hydrogens (tertiary/aromatic N) is 1. The number of methoxy groups -OCH3 is 1. The lowest BCUT2D eigenvalue weighted by Gasteiger charge is -2.18. The Balaban J connectivity index is 2.30. The molecule has 0 aliphatic rings. The first kappa shape index (κ1) is 16.9. The van der Waals surface area contributed by atoms with Crippen LogP contribution in [0.15, 0.2) is 51.8 Å². The van der Waals surface area contributed by atoms with Gasteiger partial charge < -0.3 is 4.74 Å². The van der Waals surface area contributed by atoms with Gasteiger partial charge >= 0.3 is 0 Å². The fraction of sp³-hybridized carbons (Fsp3) is 0.200. The van der Waals surface area contributed by atoms with Crippen molar-refractivity contribution in [1.29, 1.82) is 0 Å². The highest BCUT2D eigenvalue weighted by Crippen LogP contribution is 2.24. The maximum Gasteiger partial charge on any atom is 0.243 e. The van der Waals surface area contributed by atoms with E-state index in [2.05, 4.69) is 15.9 Å². The number of hydrogen-bond acceptors (Lipinski definition) is 3. The van der Waals surface area contributed by atoms with Gasteiger partial charge in [0.2, 0.25) is 10.0 Å². The standard InChI is InChI=1S/C15H15BrFNO3S/c1-18(10-11-5-3-4-6-13(11)16)22(19,20)12-7-8-15(21-2)14(17)9-12/h3-9H,10H2,1-2H3. The molecule has 2 rings (SSSR count). The predicted molar refractivity (Wildman–Crippen MR) is 85.7 cm³/mol. The van der Waals surface area contributed by atoms with Crippen molar-refractivity contribution in [3.05, 3.63) is 58.3 Å². The van der Waals surface area contributed by atoms with E-state index in [0.717, 1.165) is 16.1 Å². The smallest absolute Gasteiger partial charge is 0.243 e. The topological polar surface area (TPSA) is 46.6 Å². The largest absolute Gasteiger partial charge is 0.494 e. The fourth-order valence-electron chi connectivity index (χ4n) is 1.94. The summed E-state index contributed by atoms with van der Waals surface area (Å²) in [7, 11) is -1.00. The molecule has 0 heterocycles. The lowest BCUT2D eigenvalue weighted by molar-refractivity contribution is 0.385. The van der Waals surface area contributed by atoms with Crippen molar-refractivity contribution in [2.24, 2.45) is 0 Å². The van der Waals surface area contributed by atoms with Crippen molar-refractivity contribution < 1.29 is 17.5 Å². The van der Waals surface area contributed by atoms with E-state index in [9.17, 15) is 12.8 Å². The summed E-state index contributed by atoms with van der Waals surface area (Å²) < 4.78 is 45.5. The highest BCUT2D eigenvalue weighted by molar-refractivity contribution is 9.10. The quantitative estimate of drug-likeness (QED) is 0.789. The second-order valence-electron chi connectivity index (χ2n) is 4.65. The Hall–Kier alpha value is -1.44. The molecule has 0 aliphatic heterocycles. The van der Waals surface area contributed by atoms with Crippen LogP contribution in [-0.2, 0) is 16.6 Å². The minimum atomic E-state index is -3.78. The number of hydrogen-bond donors (Lipinski definition) is 0. The Kier molecular flexibility index (Phi) is 5.20. The minimum absolute atomic E-state index is 0.00686. The highest BCUT2D eigenvalue weighted by atomic mass is 79.9. The van der Waals surface area contributed by atoms with Crippen LogP contribution in [0.25, 0.3) is 0 Å². The molecule has 2 aromatic rings. The summed E-state index contributed by atoms with van der Waals surface area (Å²) in [6.07, 6.45) is 0. The zero-order valence-electron chi connectivity index (χ0n) is 12.1. The molecule has 0 amide bonds. The van der Waals surface area contributed by atoms with Crippen LogP contribution in [0, 0.1) is 5.82 Å². The fourth-order valence-corrected chi connectivity index (χ4v) is 3.51. The molecule has 0 atom stereocenters. The molecule has 118 valence electrons. The third kappa shape index (κ3) is 3.48. The van der Waals surface area contributed by atoms with E-state index in [1.807, 2.05) is 24.3 Å². The Bertz CT molecular complexity index is 780. The number of rotatable bonds is 5. The maximum absolute atomic E-state index is 13.7. The zero-order valence-corrected chi connectivity index (χ0v) is 14.5. The molecule has 0 saturated carbocycles. The van der Waals surface area contributed by atoms with Crippen molar-refractivity contribution >= 4 is 26.0 Å². The van der Waals surface area contributed by atoms with Crippen molar-refractivity contribution in [3.63, 3.8) is 0 Å². The monoisotopic (exact) mass is 387 g/mol. The minimum Gasteiger partial charge on any atom is -0.494 e. The van der Waals surface area contributed by atoms with Gasteiger partial charge in [-0.15, -0.1) is 0 Å². The first-order valence-corrected chi connectivity index (χ1v) is 8.63. The highest BCUT2D eigenvalue weighted by Gasteiger charge is 2.23. The predicted octanol–water partition coefficient (Wildman–Crippen LogP) is 3.42. The first-order valence-electron chi connectivity index (χ1n) is 6.39. The molecule has 0 saturated heterocycles. The third-order valence-electron chi connectivity index (χ3n) is 3.18. The van der Waals surface area contributed by atoms with Crippen LogP contribution in [-0.4, -0.2) is 26.9 Å². The van der Waals surface area contributed by atoms with Crippen molar-refractivity contribution in [3.8, 4) is 5.75 Å². The van der Waals surface area contributed by atoms with Gasteiger partial charge in [-0.25, -0.2) is 12.8 Å². The molecule has 0 radical (unpaired) electrons. The molecule has 0 spiro atoms. The van der Waals surface area contributed by atoms with E-state index < -0.39 is 15.8 Å². The van der Waals surface area contributed by atoms with E-state index in [4.69, 9.17) is 4.74 Å². The second kappa shape index (κ2) is 6.76. The average molecular weight is 388 g/mol. The van der Waals surface area contributed by atoms with Gasteiger partial charge in [0.15, 0.2) is 11.6 Å². The Morgan fingerprint density at radius 3 is 2.50 bits per heavy atom. The number of sulfonamides is 1. The van der Waals surface area contributed by atoms with Gasteiger partial charge in [-0.05, 0) is 29.8 Å². The van der Waals surface area contributed by atoms with Gasteiger partial charge in [-0.2, -0.15) is 4.31 Å². The summed E-state index contributed by atoms with van der Waals surface area (Å²) >= 11 is 3.38. The van der Waals surface area contributed by atoms with Crippen molar-refractivity contribution in [2.75, 3.05) is 14.2 Å². The van der Waals surface area contributed by atoms with E-state index in [1.54, 1.807) is 0 Å². The van der Waals surface area contributed by atoms with E-state index >= 15 is 0 Å². The molecule has 0 aliphatic carbocycles. The van der Waals surface area contributed by atoms with E-state index in [1.165, 1.54) is 30.6 Å². The molecule has 0 bridgehead atoms. The zero-order chi connectivity index (χ0) is 16.3. The number of benzene rings is 2.